The molecule has 0 aromatic heterocycles. The van der Waals surface area contributed by atoms with Crippen molar-refractivity contribution in [3.8, 4) is 0 Å². The highest BCUT2D eigenvalue weighted by Crippen LogP contribution is 2.68. The van der Waals surface area contributed by atoms with Crippen LogP contribution in [0.15, 0.2) is 22.9 Å². The minimum atomic E-state index is -0.111. The van der Waals surface area contributed by atoms with Crippen molar-refractivity contribution < 1.29 is 9.84 Å². The van der Waals surface area contributed by atoms with Crippen LogP contribution in [0.5, 0.6) is 0 Å². The predicted octanol–water partition coefficient (Wildman–Crippen LogP) is 5.55. The molecule has 30 heavy (non-hydrogen) atoms. The third-order valence-electron chi connectivity index (χ3n) is 10.2. The minimum Gasteiger partial charge on any atom is -0.393 e. The van der Waals surface area contributed by atoms with Crippen LogP contribution in [0.2, 0.25) is 0 Å². The molecular formula is C27H43NO2. The SMILES string of the molecule is CCC1=C(N2CCOCC2)[C@@]2(C)CC[C@H]3[C@@H]([C@@H](CC)C=C4C[C@@H](O)CC[C@@]43C)[C@@H]2C1. The molecule has 5 rings (SSSR count). The monoisotopic (exact) mass is 413 g/mol. The Morgan fingerprint density at radius 2 is 1.77 bits per heavy atom. The van der Waals surface area contributed by atoms with E-state index >= 15 is 0 Å². The maximum Gasteiger partial charge on any atom is 0.0642 e. The zero-order valence-corrected chi connectivity index (χ0v) is 19.8. The first-order chi connectivity index (χ1) is 14.4. The molecule has 0 amide bonds. The Labute approximate surface area is 183 Å². The van der Waals surface area contributed by atoms with Crippen LogP contribution in [0.4, 0.5) is 0 Å². The van der Waals surface area contributed by atoms with Crippen LogP contribution in [0.1, 0.15) is 79.1 Å². The third kappa shape index (κ3) is 2.98. The molecule has 3 heteroatoms. The van der Waals surface area contributed by atoms with Crippen molar-refractivity contribution in [1.82, 2.24) is 4.90 Å². The number of allylic oxidation sites excluding steroid dienone is 3. The van der Waals surface area contributed by atoms with Crippen molar-refractivity contribution in [1.29, 1.82) is 0 Å². The Balaban J connectivity index is 1.53. The van der Waals surface area contributed by atoms with E-state index in [-0.39, 0.29) is 6.10 Å². The second-order valence-electron chi connectivity index (χ2n) is 11.4. The molecule has 0 aromatic rings. The number of hydrogen-bond donors (Lipinski definition) is 1. The van der Waals surface area contributed by atoms with Gasteiger partial charge in [-0.15, -0.1) is 0 Å². The fourth-order valence-corrected chi connectivity index (χ4v) is 8.64. The molecule has 2 saturated carbocycles. The normalized spacial score (nSPS) is 46.2. The summed E-state index contributed by atoms with van der Waals surface area (Å²) in [5.74, 6) is 3.08. The van der Waals surface area contributed by atoms with Crippen molar-refractivity contribution in [2.24, 2.45) is 34.5 Å². The lowest BCUT2D eigenvalue weighted by atomic mass is 9.45. The van der Waals surface area contributed by atoms with E-state index in [2.05, 4.69) is 38.7 Å². The molecule has 3 nitrogen and oxygen atoms in total. The first kappa shape index (κ1) is 21.1. The molecule has 168 valence electrons. The average Bonchev–Trinajstić information content (AvgIpc) is 3.06. The van der Waals surface area contributed by atoms with Gasteiger partial charge in [0.15, 0.2) is 0 Å². The predicted molar refractivity (Wildman–Crippen MR) is 122 cm³/mol. The van der Waals surface area contributed by atoms with Crippen LogP contribution in [-0.2, 0) is 4.74 Å². The number of nitrogens with zero attached hydrogens (tertiary/aromatic N) is 1. The summed E-state index contributed by atoms with van der Waals surface area (Å²) in [7, 11) is 0. The first-order valence-corrected chi connectivity index (χ1v) is 12.9. The van der Waals surface area contributed by atoms with Crippen molar-refractivity contribution in [2.75, 3.05) is 26.3 Å². The maximum atomic E-state index is 10.4. The molecule has 0 aromatic carbocycles. The zero-order chi connectivity index (χ0) is 21.1. The Kier molecular flexibility index (Phi) is 5.38. The average molecular weight is 414 g/mol. The summed E-state index contributed by atoms with van der Waals surface area (Å²) >= 11 is 0. The molecule has 0 unspecified atom stereocenters. The summed E-state index contributed by atoms with van der Waals surface area (Å²) < 4.78 is 5.71. The lowest BCUT2D eigenvalue weighted by Crippen LogP contribution is -2.54. The second kappa shape index (κ2) is 7.66. The van der Waals surface area contributed by atoms with Crippen LogP contribution in [0, 0.1) is 34.5 Å². The van der Waals surface area contributed by atoms with Crippen LogP contribution in [-0.4, -0.2) is 42.4 Å². The van der Waals surface area contributed by atoms with Gasteiger partial charge in [-0.2, -0.15) is 0 Å². The second-order valence-corrected chi connectivity index (χ2v) is 11.4. The Morgan fingerprint density at radius 3 is 2.47 bits per heavy atom. The van der Waals surface area contributed by atoms with Gasteiger partial charge < -0.3 is 14.7 Å². The van der Waals surface area contributed by atoms with E-state index in [1.807, 2.05) is 0 Å². The van der Waals surface area contributed by atoms with Gasteiger partial charge in [0.05, 0.1) is 19.3 Å². The lowest BCUT2D eigenvalue weighted by Gasteiger charge is -2.60. The van der Waals surface area contributed by atoms with Gasteiger partial charge in [0.1, 0.15) is 0 Å². The molecule has 0 radical (unpaired) electrons. The number of fused-ring (bicyclic) bond motifs is 5. The van der Waals surface area contributed by atoms with Gasteiger partial charge in [-0.05, 0) is 80.5 Å². The van der Waals surface area contributed by atoms with Crippen molar-refractivity contribution >= 4 is 0 Å². The Hall–Kier alpha value is -0.800. The van der Waals surface area contributed by atoms with Crippen LogP contribution in [0.25, 0.3) is 0 Å². The summed E-state index contributed by atoms with van der Waals surface area (Å²) in [6.07, 6.45) is 12.1. The minimum absolute atomic E-state index is 0.111. The molecule has 4 aliphatic carbocycles. The quantitative estimate of drug-likeness (QED) is 0.616. The smallest absolute Gasteiger partial charge is 0.0642 e. The Bertz CT molecular complexity index is 735. The number of hydrogen-bond acceptors (Lipinski definition) is 3. The van der Waals surface area contributed by atoms with E-state index in [1.54, 1.807) is 16.8 Å². The van der Waals surface area contributed by atoms with Gasteiger partial charge in [-0.3, -0.25) is 0 Å². The molecule has 7 atom stereocenters. The van der Waals surface area contributed by atoms with Gasteiger partial charge in [0.2, 0.25) is 0 Å². The number of aliphatic hydroxyl groups excluding tert-OH is 1. The standard InChI is InChI=1S/C27H43NO2/c1-5-18-15-20-17-21(29)7-9-26(20,3)22-8-10-27(4)23(24(18)22)16-19(6-2)25(27)28-11-13-30-14-12-28/h15,18,21-24,29H,5-14,16-17H2,1-4H3/t18-,21-,22-,23-,24+,26-,27-/m0/s1. The summed E-state index contributed by atoms with van der Waals surface area (Å²) in [6.45, 7) is 13.9. The first-order valence-electron chi connectivity index (χ1n) is 12.9. The Morgan fingerprint density at radius 1 is 1.03 bits per heavy atom. The number of morpholine rings is 1. The van der Waals surface area contributed by atoms with E-state index in [0.717, 1.165) is 56.9 Å². The molecular weight excluding hydrogens is 370 g/mol. The summed E-state index contributed by atoms with van der Waals surface area (Å²) in [6, 6.07) is 0. The zero-order valence-electron chi connectivity index (χ0n) is 19.8. The fourth-order valence-electron chi connectivity index (χ4n) is 8.64. The van der Waals surface area contributed by atoms with Crippen molar-refractivity contribution in [2.45, 2.75) is 85.2 Å². The molecule has 3 fully saturated rings. The van der Waals surface area contributed by atoms with Gasteiger partial charge in [-0.25, -0.2) is 0 Å². The molecule has 1 N–H and O–H groups in total. The summed E-state index contributed by atoms with van der Waals surface area (Å²) in [5.41, 5.74) is 5.75. The molecule has 1 heterocycles. The highest BCUT2D eigenvalue weighted by atomic mass is 16.5. The topological polar surface area (TPSA) is 32.7 Å². The van der Waals surface area contributed by atoms with Crippen molar-refractivity contribution in [3.63, 3.8) is 0 Å². The highest BCUT2D eigenvalue weighted by molar-refractivity contribution is 5.35. The van der Waals surface area contributed by atoms with E-state index < -0.39 is 0 Å². The number of rotatable bonds is 3. The van der Waals surface area contributed by atoms with Crippen LogP contribution in [0.3, 0.4) is 0 Å². The summed E-state index contributed by atoms with van der Waals surface area (Å²) in [5, 5.41) is 10.4. The van der Waals surface area contributed by atoms with Gasteiger partial charge in [0.25, 0.3) is 0 Å². The summed E-state index contributed by atoms with van der Waals surface area (Å²) in [4.78, 5) is 2.71. The number of ether oxygens (including phenoxy) is 1. The van der Waals surface area contributed by atoms with Crippen LogP contribution >= 0.6 is 0 Å². The van der Waals surface area contributed by atoms with E-state index in [1.165, 1.54) is 38.5 Å². The molecule has 0 spiro atoms. The molecule has 0 bridgehead atoms. The van der Waals surface area contributed by atoms with Crippen molar-refractivity contribution in [3.05, 3.63) is 22.9 Å². The van der Waals surface area contributed by atoms with E-state index in [0.29, 0.717) is 16.7 Å². The highest BCUT2D eigenvalue weighted by Gasteiger charge is 2.60. The van der Waals surface area contributed by atoms with E-state index in [9.17, 15) is 5.11 Å². The van der Waals surface area contributed by atoms with Gasteiger partial charge in [0, 0.05) is 24.2 Å². The van der Waals surface area contributed by atoms with Gasteiger partial charge in [-0.1, -0.05) is 44.9 Å². The lowest BCUT2D eigenvalue weighted by molar-refractivity contribution is -0.0614. The molecule has 1 aliphatic heterocycles. The third-order valence-corrected chi connectivity index (χ3v) is 10.2. The fraction of sp³-hybridized carbons (Fsp3) is 0.852. The number of aliphatic hydroxyl groups is 1. The van der Waals surface area contributed by atoms with E-state index in [4.69, 9.17) is 4.74 Å². The largest absolute Gasteiger partial charge is 0.393 e. The molecule has 5 aliphatic rings. The van der Waals surface area contributed by atoms with Gasteiger partial charge >= 0.3 is 0 Å². The maximum absolute atomic E-state index is 10.4. The molecule has 1 saturated heterocycles. The van der Waals surface area contributed by atoms with Crippen LogP contribution < -0.4 is 0 Å².